The lowest BCUT2D eigenvalue weighted by Gasteiger charge is -2.21. The van der Waals surface area contributed by atoms with Gasteiger partial charge in [0, 0.05) is 41.7 Å². The van der Waals surface area contributed by atoms with Crippen LogP contribution in [0, 0.1) is 12.7 Å². The molecule has 0 fully saturated rings. The molecule has 3 aromatic rings. The number of halogens is 1. The van der Waals surface area contributed by atoms with Gasteiger partial charge in [0.15, 0.2) is 6.10 Å². The van der Waals surface area contributed by atoms with Gasteiger partial charge in [-0.25, -0.2) is 14.2 Å². The fourth-order valence-electron chi connectivity index (χ4n) is 5.49. The van der Waals surface area contributed by atoms with Crippen molar-refractivity contribution in [2.45, 2.75) is 45.3 Å². The van der Waals surface area contributed by atoms with E-state index in [0.29, 0.717) is 46.6 Å². The second kappa shape index (κ2) is 6.47. The third-order valence-electron chi connectivity index (χ3n) is 6.99. The number of hydrogen-bond acceptors (Lipinski definition) is 5. The van der Waals surface area contributed by atoms with Crippen LogP contribution in [0.25, 0.3) is 22.3 Å². The van der Waals surface area contributed by atoms with Crippen molar-refractivity contribution < 1.29 is 18.7 Å². The maximum Gasteiger partial charge on any atom is 0.339 e. The zero-order chi connectivity index (χ0) is 21.4. The number of carbonyl (C=O) groups is 1. The van der Waals surface area contributed by atoms with Gasteiger partial charge in [0.1, 0.15) is 5.82 Å². The molecule has 2 aliphatic heterocycles. The smallest absolute Gasteiger partial charge is 0.339 e. The van der Waals surface area contributed by atoms with Gasteiger partial charge < -0.3 is 14.0 Å². The van der Waals surface area contributed by atoms with Gasteiger partial charge >= 0.3 is 5.97 Å². The minimum atomic E-state index is -0.939. The highest BCUT2D eigenvalue weighted by molar-refractivity contribution is 5.92. The Labute approximate surface area is 177 Å². The first-order valence-electron chi connectivity index (χ1n) is 10.6. The van der Waals surface area contributed by atoms with Crippen LogP contribution in [-0.4, -0.2) is 29.2 Å². The van der Waals surface area contributed by atoms with E-state index in [2.05, 4.69) is 0 Å². The number of pyridine rings is 2. The van der Waals surface area contributed by atoms with Crippen molar-refractivity contribution in [3.05, 3.63) is 61.7 Å². The van der Waals surface area contributed by atoms with E-state index < -0.39 is 12.1 Å². The minimum absolute atomic E-state index is 0.138. The van der Waals surface area contributed by atoms with E-state index in [1.165, 1.54) is 18.7 Å². The Morgan fingerprint density at radius 3 is 2.74 bits per heavy atom. The first-order chi connectivity index (χ1) is 15.0. The Hall–Kier alpha value is -3.06. The summed E-state index contributed by atoms with van der Waals surface area (Å²) < 4.78 is 26.9. The molecule has 0 bridgehead atoms. The Kier molecular flexibility index (Phi) is 3.90. The summed E-state index contributed by atoms with van der Waals surface area (Å²) in [5, 5.41) is 1.05. The zero-order valence-corrected chi connectivity index (χ0v) is 17.4. The van der Waals surface area contributed by atoms with Crippen molar-refractivity contribution >= 4 is 16.9 Å². The molecule has 1 atom stereocenters. The normalized spacial score (nSPS) is 18.9. The number of carbonyl (C=O) groups excluding carboxylic acids is 1. The molecular formula is C24H21FN2O4. The van der Waals surface area contributed by atoms with Crippen LogP contribution in [0.1, 0.15) is 45.9 Å². The molecule has 1 unspecified atom stereocenters. The van der Waals surface area contributed by atoms with Gasteiger partial charge in [-0.05, 0) is 48.9 Å². The van der Waals surface area contributed by atoms with Gasteiger partial charge in [0.05, 0.1) is 30.1 Å². The highest BCUT2D eigenvalue weighted by Crippen LogP contribution is 2.42. The summed E-state index contributed by atoms with van der Waals surface area (Å²) in [7, 11) is 1.43. The molecule has 6 rings (SSSR count). The molecule has 0 radical (unpaired) electrons. The summed E-state index contributed by atoms with van der Waals surface area (Å²) in [5.74, 6) is -0.741. The SMILES string of the molecule is COC1C(=O)OCCc2c1cc1n(c2=O)Cc2c-1nc1cc(F)c(C)c3c1c2CCC3. The maximum atomic E-state index is 14.6. The van der Waals surface area contributed by atoms with Crippen LogP contribution >= 0.6 is 0 Å². The summed E-state index contributed by atoms with van der Waals surface area (Å²) in [6.07, 6.45) is 2.09. The quantitative estimate of drug-likeness (QED) is 0.443. The largest absolute Gasteiger partial charge is 0.463 e. The molecule has 2 aromatic heterocycles. The Bertz CT molecular complexity index is 1370. The number of aryl methyl sites for hydroxylation is 2. The molecule has 0 N–H and O–H groups in total. The van der Waals surface area contributed by atoms with Crippen LogP contribution in [0.5, 0.6) is 0 Å². The van der Waals surface area contributed by atoms with Crippen LogP contribution in [0.4, 0.5) is 4.39 Å². The Balaban J connectivity index is 1.66. The van der Waals surface area contributed by atoms with E-state index >= 15 is 0 Å². The molecule has 4 heterocycles. The molecular weight excluding hydrogens is 399 g/mol. The summed E-state index contributed by atoms with van der Waals surface area (Å²) in [6, 6.07) is 3.34. The molecule has 7 heteroatoms. The second-order valence-corrected chi connectivity index (χ2v) is 8.52. The van der Waals surface area contributed by atoms with Crippen LogP contribution in [-0.2, 0) is 40.1 Å². The average Bonchev–Trinajstić information content (AvgIpc) is 3.04. The molecule has 0 spiro atoms. The second-order valence-electron chi connectivity index (χ2n) is 8.52. The third-order valence-corrected chi connectivity index (χ3v) is 6.99. The number of ether oxygens (including phenoxy) is 2. The Morgan fingerprint density at radius 1 is 1.13 bits per heavy atom. The predicted molar refractivity (Wildman–Crippen MR) is 112 cm³/mol. The number of aromatic nitrogens is 2. The number of rotatable bonds is 1. The van der Waals surface area contributed by atoms with Gasteiger partial charge in [-0.3, -0.25) is 4.79 Å². The average molecular weight is 420 g/mol. The number of cyclic esters (lactones) is 1. The van der Waals surface area contributed by atoms with Gasteiger partial charge in [0.25, 0.3) is 5.56 Å². The van der Waals surface area contributed by atoms with E-state index in [9.17, 15) is 14.0 Å². The Morgan fingerprint density at radius 2 is 1.94 bits per heavy atom. The standard InChI is InChI=1S/C24H21FN2O4/c1-11-12-4-3-5-13-16-10-27-19(21(16)26-18(20(12)13)9-17(11)25)8-15-14(23(27)28)6-7-31-24(29)22(15)30-2/h8-9,22H,3-7,10H2,1-2H3. The van der Waals surface area contributed by atoms with Crippen LogP contribution in [0.3, 0.4) is 0 Å². The molecule has 1 aromatic carbocycles. The number of methoxy groups -OCH3 is 1. The predicted octanol–water partition coefficient (Wildman–Crippen LogP) is 3.15. The van der Waals surface area contributed by atoms with E-state index in [1.807, 2.05) is 13.0 Å². The van der Waals surface area contributed by atoms with Crippen molar-refractivity contribution in [3.8, 4) is 11.4 Å². The van der Waals surface area contributed by atoms with E-state index in [1.54, 1.807) is 4.57 Å². The number of esters is 1. The van der Waals surface area contributed by atoms with E-state index in [0.717, 1.165) is 35.8 Å². The zero-order valence-electron chi connectivity index (χ0n) is 17.4. The van der Waals surface area contributed by atoms with Crippen LogP contribution < -0.4 is 5.56 Å². The summed E-state index contributed by atoms with van der Waals surface area (Å²) in [4.78, 5) is 30.6. The number of fused-ring (bicyclic) bond motifs is 5. The lowest BCUT2D eigenvalue weighted by atomic mass is 9.85. The number of nitrogens with zero attached hydrogens (tertiary/aromatic N) is 2. The van der Waals surface area contributed by atoms with Gasteiger partial charge in [0.2, 0.25) is 0 Å². The van der Waals surface area contributed by atoms with Crippen molar-refractivity contribution in [1.29, 1.82) is 0 Å². The van der Waals surface area contributed by atoms with Gasteiger partial charge in [-0.2, -0.15) is 0 Å². The topological polar surface area (TPSA) is 70.4 Å². The summed E-state index contributed by atoms with van der Waals surface area (Å²) in [6.45, 7) is 2.42. The molecule has 0 saturated carbocycles. The highest BCUT2D eigenvalue weighted by atomic mass is 19.1. The van der Waals surface area contributed by atoms with Crippen molar-refractivity contribution in [2.24, 2.45) is 0 Å². The van der Waals surface area contributed by atoms with Crippen molar-refractivity contribution in [2.75, 3.05) is 13.7 Å². The fourth-order valence-corrected chi connectivity index (χ4v) is 5.49. The van der Waals surface area contributed by atoms with E-state index in [-0.39, 0.29) is 18.0 Å². The van der Waals surface area contributed by atoms with Crippen LogP contribution in [0.2, 0.25) is 0 Å². The molecule has 1 aliphatic carbocycles. The fraction of sp³-hybridized carbons (Fsp3) is 0.375. The lowest BCUT2D eigenvalue weighted by Crippen LogP contribution is -2.26. The molecule has 0 saturated heterocycles. The number of hydrogen-bond donors (Lipinski definition) is 0. The highest BCUT2D eigenvalue weighted by Gasteiger charge is 2.35. The minimum Gasteiger partial charge on any atom is -0.463 e. The van der Waals surface area contributed by atoms with Crippen molar-refractivity contribution in [3.63, 3.8) is 0 Å². The summed E-state index contributed by atoms with van der Waals surface area (Å²) >= 11 is 0. The molecule has 158 valence electrons. The first kappa shape index (κ1) is 18.7. The monoisotopic (exact) mass is 420 g/mol. The van der Waals surface area contributed by atoms with Gasteiger partial charge in [-0.15, -0.1) is 0 Å². The number of benzene rings is 1. The van der Waals surface area contributed by atoms with Gasteiger partial charge in [-0.1, -0.05) is 0 Å². The molecule has 31 heavy (non-hydrogen) atoms. The van der Waals surface area contributed by atoms with E-state index in [4.69, 9.17) is 14.5 Å². The lowest BCUT2D eigenvalue weighted by molar-refractivity contribution is -0.154. The first-order valence-corrected chi connectivity index (χ1v) is 10.6. The van der Waals surface area contributed by atoms with Crippen LogP contribution in [0.15, 0.2) is 16.9 Å². The molecule has 0 amide bonds. The molecule has 3 aliphatic rings. The van der Waals surface area contributed by atoms with Crippen molar-refractivity contribution in [1.82, 2.24) is 9.55 Å². The maximum absolute atomic E-state index is 14.6. The summed E-state index contributed by atoms with van der Waals surface area (Å²) in [5.41, 5.74) is 6.87. The third kappa shape index (κ3) is 2.44. The molecule has 6 nitrogen and oxygen atoms in total.